The molecule has 11 heteroatoms. The van der Waals surface area contributed by atoms with Crippen molar-refractivity contribution in [2.45, 2.75) is 30.7 Å². The summed E-state index contributed by atoms with van der Waals surface area (Å²) in [5, 5.41) is 4.37. The highest BCUT2D eigenvalue weighted by molar-refractivity contribution is 7.89. The standard InChI is InChI=1S/C22H24ClN3O6S/c1-2-31-21(27)15-32-18-9-5-16(6-10-18)14-24-25-22(28)20-4-3-13-26(20)33(29,30)19-11-7-17(23)8-12-19/h5-12,14,20H,2-4,13,15H2,1H3,(H,25,28)/b24-14-/t20-/m1/s1. The molecule has 1 N–H and O–H groups in total. The SMILES string of the molecule is CCOC(=O)COc1ccc(/C=N\NC(=O)[C@H]2CCCN2S(=O)(=O)c2ccc(Cl)cc2)cc1. The summed E-state index contributed by atoms with van der Waals surface area (Å²) >= 11 is 5.84. The Morgan fingerprint density at radius 3 is 2.55 bits per heavy atom. The van der Waals surface area contributed by atoms with E-state index in [9.17, 15) is 18.0 Å². The average Bonchev–Trinajstić information content (AvgIpc) is 3.30. The van der Waals surface area contributed by atoms with Crippen molar-refractivity contribution in [1.29, 1.82) is 0 Å². The van der Waals surface area contributed by atoms with Gasteiger partial charge in [-0.1, -0.05) is 11.6 Å². The van der Waals surface area contributed by atoms with E-state index in [4.69, 9.17) is 21.1 Å². The van der Waals surface area contributed by atoms with Gasteiger partial charge in [-0.05, 0) is 73.9 Å². The smallest absolute Gasteiger partial charge is 0.344 e. The molecule has 0 unspecified atom stereocenters. The molecule has 3 rings (SSSR count). The third-order valence-electron chi connectivity index (χ3n) is 4.86. The Balaban J connectivity index is 1.57. The number of nitrogens with zero attached hydrogens (tertiary/aromatic N) is 2. The number of sulfonamides is 1. The van der Waals surface area contributed by atoms with Gasteiger partial charge in [-0.3, -0.25) is 4.79 Å². The van der Waals surface area contributed by atoms with Crippen molar-refractivity contribution in [1.82, 2.24) is 9.73 Å². The largest absolute Gasteiger partial charge is 0.482 e. The minimum Gasteiger partial charge on any atom is -0.482 e. The van der Waals surface area contributed by atoms with E-state index in [-0.39, 0.29) is 24.7 Å². The summed E-state index contributed by atoms with van der Waals surface area (Å²) in [6, 6.07) is 11.7. The third kappa shape index (κ3) is 6.53. The van der Waals surface area contributed by atoms with Crippen LogP contribution in [0.1, 0.15) is 25.3 Å². The number of halogens is 1. The first-order valence-electron chi connectivity index (χ1n) is 10.3. The summed E-state index contributed by atoms with van der Waals surface area (Å²) in [5.41, 5.74) is 3.09. The minimum atomic E-state index is -3.83. The maximum Gasteiger partial charge on any atom is 0.344 e. The summed E-state index contributed by atoms with van der Waals surface area (Å²) in [4.78, 5) is 24.0. The number of esters is 1. The zero-order chi connectivity index (χ0) is 23.8. The fourth-order valence-electron chi connectivity index (χ4n) is 3.27. The van der Waals surface area contributed by atoms with Gasteiger partial charge in [0.1, 0.15) is 11.8 Å². The predicted octanol–water partition coefficient (Wildman–Crippen LogP) is 2.59. The second-order valence-corrected chi connectivity index (χ2v) is 9.45. The van der Waals surface area contributed by atoms with E-state index in [1.807, 2.05) is 0 Å². The predicted molar refractivity (Wildman–Crippen MR) is 123 cm³/mol. The van der Waals surface area contributed by atoms with E-state index >= 15 is 0 Å². The molecule has 2 aromatic rings. The lowest BCUT2D eigenvalue weighted by molar-refractivity contribution is -0.145. The average molecular weight is 494 g/mol. The molecule has 33 heavy (non-hydrogen) atoms. The highest BCUT2D eigenvalue weighted by Crippen LogP contribution is 2.27. The monoisotopic (exact) mass is 493 g/mol. The topological polar surface area (TPSA) is 114 Å². The van der Waals surface area contributed by atoms with Crippen LogP contribution in [0.3, 0.4) is 0 Å². The Morgan fingerprint density at radius 1 is 1.18 bits per heavy atom. The summed E-state index contributed by atoms with van der Waals surface area (Å²) in [5.74, 6) is -0.473. The highest BCUT2D eigenvalue weighted by atomic mass is 35.5. The van der Waals surface area contributed by atoms with Gasteiger partial charge >= 0.3 is 5.97 Å². The van der Waals surface area contributed by atoms with Crippen molar-refractivity contribution in [3.8, 4) is 5.75 Å². The molecule has 1 fully saturated rings. The van der Waals surface area contributed by atoms with E-state index in [1.54, 1.807) is 31.2 Å². The summed E-state index contributed by atoms with van der Waals surface area (Å²) in [6.07, 6.45) is 2.41. The van der Waals surface area contributed by atoms with Crippen LogP contribution in [0.25, 0.3) is 0 Å². The van der Waals surface area contributed by atoms with Crippen LogP contribution < -0.4 is 10.2 Å². The molecule has 1 saturated heterocycles. The van der Waals surface area contributed by atoms with Crippen molar-refractivity contribution >= 4 is 39.7 Å². The molecule has 0 spiro atoms. The van der Waals surface area contributed by atoms with Crippen LogP contribution in [0.15, 0.2) is 58.5 Å². The maximum atomic E-state index is 12.9. The van der Waals surface area contributed by atoms with Gasteiger partial charge < -0.3 is 9.47 Å². The fraction of sp³-hybridized carbons (Fsp3) is 0.318. The summed E-state index contributed by atoms with van der Waals surface area (Å²) in [7, 11) is -3.83. The van der Waals surface area contributed by atoms with Crippen molar-refractivity contribution in [3.63, 3.8) is 0 Å². The van der Waals surface area contributed by atoms with Crippen molar-refractivity contribution < 1.29 is 27.5 Å². The number of nitrogens with one attached hydrogen (secondary N) is 1. The second kappa shape index (κ2) is 11.3. The number of ether oxygens (including phenoxy) is 2. The lowest BCUT2D eigenvalue weighted by Gasteiger charge is -2.22. The molecular weight excluding hydrogens is 470 g/mol. The Kier molecular flexibility index (Phi) is 8.43. The molecule has 1 aliphatic rings. The first-order chi connectivity index (χ1) is 15.8. The van der Waals surface area contributed by atoms with Gasteiger partial charge in [-0.25, -0.2) is 18.6 Å². The van der Waals surface area contributed by atoms with Crippen LogP contribution in [0, 0.1) is 0 Å². The lowest BCUT2D eigenvalue weighted by atomic mass is 10.2. The first kappa shape index (κ1) is 24.7. The molecule has 176 valence electrons. The van der Waals surface area contributed by atoms with E-state index in [0.29, 0.717) is 29.2 Å². The van der Waals surface area contributed by atoms with Gasteiger partial charge in [0.2, 0.25) is 10.0 Å². The minimum absolute atomic E-state index is 0.0837. The number of carbonyl (C=O) groups is 2. The van der Waals surface area contributed by atoms with Crippen molar-refractivity contribution in [2.24, 2.45) is 5.10 Å². The molecule has 1 atom stereocenters. The molecule has 9 nitrogen and oxygen atoms in total. The molecule has 0 radical (unpaired) electrons. The van der Waals surface area contributed by atoms with Gasteiger partial charge in [-0.15, -0.1) is 0 Å². The number of hydrogen-bond acceptors (Lipinski definition) is 7. The van der Waals surface area contributed by atoms with Gasteiger partial charge in [0.15, 0.2) is 6.61 Å². The van der Waals surface area contributed by atoms with Crippen molar-refractivity contribution in [3.05, 3.63) is 59.1 Å². The quantitative estimate of drug-likeness (QED) is 0.326. The zero-order valence-corrected chi connectivity index (χ0v) is 19.5. The van der Waals surface area contributed by atoms with Gasteiger partial charge in [0.05, 0.1) is 17.7 Å². The molecule has 0 aromatic heterocycles. The fourth-order valence-corrected chi connectivity index (χ4v) is 5.05. The maximum absolute atomic E-state index is 12.9. The van der Waals surface area contributed by atoms with Crippen LogP contribution in [-0.2, 0) is 24.3 Å². The van der Waals surface area contributed by atoms with Crippen molar-refractivity contribution in [2.75, 3.05) is 19.8 Å². The Hall–Kier alpha value is -2.95. The Morgan fingerprint density at radius 2 is 1.88 bits per heavy atom. The molecule has 1 heterocycles. The molecule has 0 aliphatic carbocycles. The number of carbonyl (C=O) groups excluding carboxylic acids is 2. The van der Waals surface area contributed by atoms with Crippen LogP contribution in [0.4, 0.5) is 0 Å². The number of benzene rings is 2. The molecule has 1 amide bonds. The first-order valence-corrected chi connectivity index (χ1v) is 12.1. The van der Waals surface area contributed by atoms with Crippen LogP contribution in [0.2, 0.25) is 5.02 Å². The second-order valence-electron chi connectivity index (χ2n) is 7.12. The summed E-state index contributed by atoms with van der Waals surface area (Å²) in [6.45, 7) is 2.07. The number of hydrogen-bond donors (Lipinski definition) is 1. The normalized spacial score (nSPS) is 16.6. The van der Waals surface area contributed by atoms with E-state index < -0.39 is 27.9 Å². The number of amides is 1. The van der Waals surface area contributed by atoms with Crippen LogP contribution in [-0.4, -0.2) is 56.6 Å². The Bertz CT molecular complexity index is 1100. The molecule has 0 saturated carbocycles. The Labute approximate surface area is 197 Å². The van der Waals surface area contributed by atoms with Gasteiger partial charge in [-0.2, -0.15) is 9.41 Å². The van der Waals surface area contributed by atoms with E-state index in [1.165, 1.54) is 34.8 Å². The van der Waals surface area contributed by atoms with Gasteiger partial charge in [0.25, 0.3) is 5.91 Å². The van der Waals surface area contributed by atoms with Crippen LogP contribution >= 0.6 is 11.6 Å². The summed E-state index contributed by atoms with van der Waals surface area (Å²) < 4.78 is 37.2. The van der Waals surface area contributed by atoms with E-state index in [0.717, 1.165) is 0 Å². The molecule has 2 aromatic carbocycles. The van der Waals surface area contributed by atoms with Crippen LogP contribution in [0.5, 0.6) is 5.75 Å². The third-order valence-corrected chi connectivity index (χ3v) is 7.03. The zero-order valence-electron chi connectivity index (χ0n) is 17.9. The molecular formula is C22H24ClN3O6S. The van der Waals surface area contributed by atoms with Gasteiger partial charge in [0, 0.05) is 11.6 Å². The highest BCUT2D eigenvalue weighted by Gasteiger charge is 2.39. The van der Waals surface area contributed by atoms with E-state index in [2.05, 4.69) is 10.5 Å². The molecule has 1 aliphatic heterocycles. The molecule has 0 bridgehead atoms. The number of rotatable bonds is 9. The lowest BCUT2D eigenvalue weighted by Crippen LogP contribution is -2.44. The number of hydrazone groups is 1.